The molecule has 0 spiro atoms. The number of nitrogens with two attached hydrogens (primary N) is 1. The second-order valence-corrected chi connectivity index (χ2v) is 5.76. The zero-order valence-corrected chi connectivity index (χ0v) is 13.8. The van der Waals surface area contributed by atoms with Crippen molar-refractivity contribution in [1.29, 1.82) is 0 Å². The largest absolute Gasteiger partial charge is 0.492 e. The van der Waals surface area contributed by atoms with Crippen LogP contribution in [0.25, 0.3) is 11.2 Å². The fraction of sp³-hybridized carbons (Fsp3) is 0.333. The second kappa shape index (κ2) is 6.28. The lowest BCUT2D eigenvalue weighted by molar-refractivity contribution is 0.298. The molecule has 3 aromatic rings. The molecule has 0 aliphatic rings. The minimum Gasteiger partial charge on any atom is -0.492 e. The van der Waals surface area contributed by atoms with E-state index < -0.39 is 0 Å². The number of fused-ring (bicyclic) bond motifs is 1. The van der Waals surface area contributed by atoms with E-state index >= 15 is 0 Å². The highest BCUT2D eigenvalue weighted by molar-refractivity contribution is 5.72. The molecule has 5 nitrogen and oxygen atoms in total. The third-order valence-corrected chi connectivity index (χ3v) is 3.94. The Morgan fingerprint density at radius 1 is 1.22 bits per heavy atom. The molecule has 0 saturated heterocycles. The van der Waals surface area contributed by atoms with Crippen LogP contribution >= 0.6 is 0 Å². The van der Waals surface area contributed by atoms with Gasteiger partial charge in [0.2, 0.25) is 0 Å². The highest BCUT2D eigenvalue weighted by Gasteiger charge is 2.10. The molecule has 5 heteroatoms. The summed E-state index contributed by atoms with van der Waals surface area (Å²) in [6.45, 7) is 7.40. The Bertz CT molecular complexity index is 838. The Hall–Kier alpha value is -2.56. The third kappa shape index (κ3) is 3.13. The summed E-state index contributed by atoms with van der Waals surface area (Å²) in [6.07, 6.45) is 2.75. The van der Waals surface area contributed by atoms with Gasteiger partial charge in [-0.3, -0.25) is 0 Å². The van der Waals surface area contributed by atoms with Crippen molar-refractivity contribution in [2.75, 3.05) is 12.3 Å². The van der Waals surface area contributed by atoms with E-state index in [9.17, 15) is 0 Å². The lowest BCUT2D eigenvalue weighted by atomic mass is 10.2. The number of nitrogens with zero attached hydrogens (tertiary/aromatic N) is 3. The van der Waals surface area contributed by atoms with Gasteiger partial charge in [-0.25, -0.2) is 9.97 Å². The number of ether oxygens (including phenoxy) is 1. The van der Waals surface area contributed by atoms with Crippen LogP contribution in [0.4, 0.5) is 5.69 Å². The van der Waals surface area contributed by atoms with Crippen LogP contribution in [0.1, 0.15) is 23.9 Å². The van der Waals surface area contributed by atoms with E-state index in [1.807, 2.05) is 38.2 Å². The smallest absolute Gasteiger partial charge is 0.160 e. The number of rotatable bonds is 5. The highest BCUT2D eigenvalue weighted by atomic mass is 16.5. The van der Waals surface area contributed by atoms with Crippen molar-refractivity contribution < 1.29 is 4.74 Å². The molecule has 23 heavy (non-hydrogen) atoms. The zero-order valence-electron chi connectivity index (χ0n) is 13.8. The van der Waals surface area contributed by atoms with Crippen LogP contribution in [0.5, 0.6) is 5.75 Å². The Morgan fingerprint density at radius 2 is 2.04 bits per heavy atom. The van der Waals surface area contributed by atoms with Crippen LogP contribution in [-0.4, -0.2) is 21.1 Å². The van der Waals surface area contributed by atoms with E-state index in [0.29, 0.717) is 6.61 Å². The van der Waals surface area contributed by atoms with Gasteiger partial charge in [0.05, 0.1) is 6.54 Å². The molecule has 0 unspecified atom stereocenters. The van der Waals surface area contributed by atoms with Crippen molar-refractivity contribution in [2.24, 2.45) is 0 Å². The van der Waals surface area contributed by atoms with Crippen LogP contribution in [0.2, 0.25) is 0 Å². The summed E-state index contributed by atoms with van der Waals surface area (Å²) >= 11 is 0. The Morgan fingerprint density at radius 3 is 2.78 bits per heavy atom. The van der Waals surface area contributed by atoms with Crippen LogP contribution in [0, 0.1) is 13.8 Å². The molecule has 120 valence electrons. The number of imidazole rings is 1. The van der Waals surface area contributed by atoms with Gasteiger partial charge in [0.1, 0.15) is 23.7 Å². The first-order chi connectivity index (χ1) is 11.1. The van der Waals surface area contributed by atoms with E-state index in [1.165, 1.54) is 0 Å². The van der Waals surface area contributed by atoms with Crippen LogP contribution in [0.15, 0.2) is 30.5 Å². The van der Waals surface area contributed by atoms with Crippen molar-refractivity contribution >= 4 is 16.9 Å². The molecule has 0 saturated carbocycles. The van der Waals surface area contributed by atoms with Gasteiger partial charge < -0.3 is 15.0 Å². The zero-order chi connectivity index (χ0) is 16.4. The Labute approximate surface area is 136 Å². The molecular formula is C18H22N4O. The number of benzene rings is 1. The van der Waals surface area contributed by atoms with Gasteiger partial charge in [-0.15, -0.1) is 0 Å². The van der Waals surface area contributed by atoms with Gasteiger partial charge in [0.15, 0.2) is 5.65 Å². The maximum Gasteiger partial charge on any atom is 0.160 e. The minimum atomic E-state index is 0.567. The number of anilines is 1. The molecule has 0 fully saturated rings. The van der Waals surface area contributed by atoms with Crippen molar-refractivity contribution in [3.63, 3.8) is 0 Å². The number of nitrogen functional groups attached to an aromatic ring is 1. The monoisotopic (exact) mass is 310 g/mol. The van der Waals surface area contributed by atoms with Gasteiger partial charge in [-0.2, -0.15) is 0 Å². The maximum atomic E-state index is 5.86. The molecule has 2 heterocycles. The summed E-state index contributed by atoms with van der Waals surface area (Å²) in [5, 5.41) is 0. The number of aryl methyl sites for hydroxylation is 3. The number of hydrogen-bond acceptors (Lipinski definition) is 4. The summed E-state index contributed by atoms with van der Waals surface area (Å²) in [5.74, 6) is 1.87. The first-order valence-electron chi connectivity index (χ1n) is 7.89. The maximum absolute atomic E-state index is 5.86. The van der Waals surface area contributed by atoms with E-state index in [-0.39, 0.29) is 0 Å². The molecule has 0 aliphatic heterocycles. The number of aromatic nitrogens is 3. The van der Waals surface area contributed by atoms with Gasteiger partial charge in [-0.1, -0.05) is 6.92 Å². The van der Waals surface area contributed by atoms with Crippen molar-refractivity contribution in [2.45, 2.75) is 33.7 Å². The van der Waals surface area contributed by atoms with Gasteiger partial charge >= 0.3 is 0 Å². The Kier molecular flexibility index (Phi) is 4.19. The summed E-state index contributed by atoms with van der Waals surface area (Å²) in [7, 11) is 0. The molecule has 2 N–H and O–H groups in total. The van der Waals surface area contributed by atoms with Gasteiger partial charge in [0, 0.05) is 18.3 Å². The first kappa shape index (κ1) is 15.3. The molecule has 0 atom stereocenters. The first-order valence-corrected chi connectivity index (χ1v) is 7.89. The standard InChI is InChI=1S/C18H22N4O/c1-4-17-21-16-9-12(2)11-20-18(16)22(17)7-8-23-14-5-6-15(19)13(3)10-14/h5-6,9-11H,4,7-8,19H2,1-3H3. The minimum absolute atomic E-state index is 0.567. The quantitative estimate of drug-likeness (QED) is 0.735. The van der Waals surface area contributed by atoms with Crippen LogP contribution in [-0.2, 0) is 13.0 Å². The summed E-state index contributed by atoms with van der Waals surface area (Å²) in [4.78, 5) is 9.20. The molecular weight excluding hydrogens is 288 g/mol. The summed E-state index contributed by atoms with van der Waals surface area (Å²) in [6, 6.07) is 7.81. The number of pyridine rings is 1. The molecule has 3 rings (SSSR count). The normalized spacial score (nSPS) is 11.1. The molecule has 0 radical (unpaired) electrons. The second-order valence-electron chi connectivity index (χ2n) is 5.76. The highest BCUT2D eigenvalue weighted by Crippen LogP contribution is 2.19. The molecule has 2 aromatic heterocycles. The van der Waals surface area contributed by atoms with Gasteiger partial charge in [0.25, 0.3) is 0 Å². The Balaban J connectivity index is 1.77. The van der Waals surface area contributed by atoms with E-state index in [1.54, 1.807) is 0 Å². The van der Waals surface area contributed by atoms with E-state index in [4.69, 9.17) is 10.5 Å². The topological polar surface area (TPSA) is 66.0 Å². The van der Waals surface area contributed by atoms with E-state index in [0.717, 1.165) is 52.5 Å². The predicted octanol–water partition coefficient (Wildman–Crippen LogP) is 3.27. The predicted molar refractivity (Wildman–Crippen MR) is 92.7 cm³/mol. The SMILES string of the molecule is CCc1nc2cc(C)cnc2n1CCOc1ccc(N)c(C)c1. The van der Waals surface area contributed by atoms with Crippen LogP contribution in [0.3, 0.4) is 0 Å². The van der Waals surface area contributed by atoms with Crippen LogP contribution < -0.4 is 10.5 Å². The van der Waals surface area contributed by atoms with Crippen molar-refractivity contribution in [3.05, 3.63) is 47.4 Å². The molecule has 0 amide bonds. The average Bonchev–Trinajstić information content (AvgIpc) is 2.88. The lowest BCUT2D eigenvalue weighted by Gasteiger charge is -2.10. The number of hydrogen-bond donors (Lipinski definition) is 1. The molecule has 0 bridgehead atoms. The summed E-state index contributed by atoms with van der Waals surface area (Å²) < 4.78 is 7.99. The fourth-order valence-corrected chi connectivity index (χ4v) is 2.66. The van der Waals surface area contributed by atoms with Gasteiger partial charge in [-0.05, 0) is 49.2 Å². The fourth-order valence-electron chi connectivity index (χ4n) is 2.66. The lowest BCUT2D eigenvalue weighted by Crippen LogP contribution is -2.11. The summed E-state index contributed by atoms with van der Waals surface area (Å²) in [5.41, 5.74) is 10.6. The van der Waals surface area contributed by atoms with Crippen molar-refractivity contribution in [1.82, 2.24) is 14.5 Å². The molecule has 1 aromatic carbocycles. The van der Waals surface area contributed by atoms with E-state index in [2.05, 4.69) is 27.5 Å². The van der Waals surface area contributed by atoms with Crippen molar-refractivity contribution in [3.8, 4) is 5.75 Å². The third-order valence-electron chi connectivity index (χ3n) is 3.94. The molecule has 0 aliphatic carbocycles. The average molecular weight is 310 g/mol.